The highest BCUT2D eigenvalue weighted by atomic mass is 19.1. The highest BCUT2D eigenvalue weighted by Crippen LogP contribution is 2.34. The van der Waals surface area contributed by atoms with Crippen molar-refractivity contribution in [1.82, 2.24) is 35.1 Å². The lowest BCUT2D eigenvalue weighted by Crippen LogP contribution is -2.19. The van der Waals surface area contributed by atoms with E-state index in [2.05, 4.69) is 35.5 Å². The number of nitrogens with one attached hydrogen (secondary N) is 3. The van der Waals surface area contributed by atoms with Gasteiger partial charge < -0.3 is 10.3 Å². The van der Waals surface area contributed by atoms with Gasteiger partial charge in [0.2, 0.25) is 5.91 Å². The zero-order valence-corrected chi connectivity index (χ0v) is 21.6. The van der Waals surface area contributed by atoms with E-state index in [9.17, 15) is 4.79 Å². The lowest BCUT2D eigenvalue weighted by Gasteiger charge is -2.17. The lowest BCUT2D eigenvalue weighted by molar-refractivity contribution is -0.117. The van der Waals surface area contributed by atoms with Crippen LogP contribution in [0.2, 0.25) is 0 Å². The molecule has 0 aliphatic rings. The fourth-order valence-corrected chi connectivity index (χ4v) is 4.52. The predicted octanol–water partition coefficient (Wildman–Crippen LogP) is 6.14. The minimum atomic E-state index is -0.441. The Morgan fingerprint density at radius 1 is 1.00 bits per heavy atom. The lowest BCUT2D eigenvalue weighted by atomic mass is 9.92. The average molecular weight is 521 g/mol. The number of hydrogen-bond acceptors (Lipinski definition) is 6. The standard InChI is InChI=1S/C29H25FN8O/c1-29(2,3)13-24(39)34-17-10-16(14-31-15-17)18-11-19-23(12-20(18)30)37-38-25(19)28-35-22-7-9-33-26(27(22)36-28)21-6-4-5-8-32-21/h4-12,14-15H,13H2,1-3H3,(H,34,39)(H,35,36)(H,37,38). The number of anilines is 1. The van der Waals surface area contributed by atoms with Gasteiger partial charge in [-0.25, -0.2) is 9.37 Å². The first-order valence-corrected chi connectivity index (χ1v) is 12.4. The van der Waals surface area contributed by atoms with Gasteiger partial charge in [-0.2, -0.15) is 5.10 Å². The van der Waals surface area contributed by atoms with Crippen LogP contribution in [0.25, 0.3) is 56.0 Å². The van der Waals surface area contributed by atoms with E-state index in [0.29, 0.717) is 62.6 Å². The maximum atomic E-state index is 15.2. The van der Waals surface area contributed by atoms with Crippen molar-refractivity contribution in [3.8, 4) is 34.0 Å². The normalized spacial score (nSPS) is 11.8. The fraction of sp³-hybridized carbons (Fsp3) is 0.172. The summed E-state index contributed by atoms with van der Waals surface area (Å²) in [7, 11) is 0. The van der Waals surface area contributed by atoms with Crippen molar-refractivity contribution in [2.45, 2.75) is 27.2 Å². The Bertz CT molecular complexity index is 1840. The second-order valence-corrected chi connectivity index (χ2v) is 10.6. The number of carbonyl (C=O) groups excluding carboxylic acids is 1. The Morgan fingerprint density at radius 3 is 2.67 bits per heavy atom. The molecule has 5 heterocycles. The maximum absolute atomic E-state index is 15.2. The van der Waals surface area contributed by atoms with Gasteiger partial charge in [-0.15, -0.1) is 0 Å². The van der Waals surface area contributed by atoms with Gasteiger partial charge in [-0.3, -0.25) is 24.8 Å². The first kappa shape index (κ1) is 24.4. The molecule has 9 nitrogen and oxygen atoms in total. The molecule has 5 aromatic heterocycles. The molecule has 0 spiro atoms. The molecule has 10 heteroatoms. The second kappa shape index (κ2) is 9.39. The summed E-state index contributed by atoms with van der Waals surface area (Å²) in [5, 5.41) is 10.9. The summed E-state index contributed by atoms with van der Waals surface area (Å²) in [5.74, 6) is -0.0526. The molecule has 0 fully saturated rings. The zero-order valence-electron chi connectivity index (χ0n) is 21.6. The van der Waals surface area contributed by atoms with E-state index in [0.717, 1.165) is 5.52 Å². The number of H-pyrrole nitrogens is 2. The van der Waals surface area contributed by atoms with E-state index in [1.165, 1.54) is 6.07 Å². The van der Waals surface area contributed by atoms with Crippen LogP contribution in [0.5, 0.6) is 0 Å². The summed E-state index contributed by atoms with van der Waals surface area (Å²) in [5.41, 5.74) is 5.06. The summed E-state index contributed by atoms with van der Waals surface area (Å²) in [6.45, 7) is 5.98. The van der Waals surface area contributed by atoms with Crippen molar-refractivity contribution in [3.63, 3.8) is 0 Å². The Hall–Kier alpha value is -4.99. The monoisotopic (exact) mass is 520 g/mol. The highest BCUT2D eigenvalue weighted by molar-refractivity contribution is 5.98. The minimum Gasteiger partial charge on any atom is -0.336 e. The van der Waals surface area contributed by atoms with Crippen LogP contribution in [0.15, 0.2) is 67.3 Å². The predicted molar refractivity (Wildman–Crippen MR) is 148 cm³/mol. The number of nitrogens with zero attached hydrogens (tertiary/aromatic N) is 5. The number of fused-ring (bicyclic) bond motifs is 2. The highest BCUT2D eigenvalue weighted by Gasteiger charge is 2.19. The van der Waals surface area contributed by atoms with Crippen molar-refractivity contribution in [3.05, 3.63) is 73.1 Å². The van der Waals surface area contributed by atoms with E-state index in [1.54, 1.807) is 36.9 Å². The molecule has 6 aromatic rings. The van der Waals surface area contributed by atoms with Gasteiger partial charge >= 0.3 is 0 Å². The van der Waals surface area contributed by atoms with Crippen molar-refractivity contribution >= 4 is 33.5 Å². The van der Waals surface area contributed by atoms with Crippen LogP contribution in [0.4, 0.5) is 10.1 Å². The summed E-state index contributed by atoms with van der Waals surface area (Å²) < 4.78 is 15.2. The Morgan fingerprint density at radius 2 is 1.87 bits per heavy atom. The minimum absolute atomic E-state index is 0.126. The van der Waals surface area contributed by atoms with Gasteiger partial charge in [-0.05, 0) is 35.7 Å². The molecule has 0 bridgehead atoms. The summed E-state index contributed by atoms with van der Waals surface area (Å²) >= 11 is 0. The summed E-state index contributed by atoms with van der Waals surface area (Å²) in [4.78, 5) is 33.7. The molecule has 0 saturated heterocycles. The molecule has 0 aliphatic heterocycles. The van der Waals surface area contributed by atoms with Gasteiger partial charge in [0.05, 0.1) is 28.6 Å². The topological polar surface area (TPSA) is 125 Å². The molecule has 39 heavy (non-hydrogen) atoms. The third kappa shape index (κ3) is 4.84. The average Bonchev–Trinajstić information content (AvgIpc) is 3.51. The molecule has 0 saturated carbocycles. The van der Waals surface area contributed by atoms with Crippen LogP contribution in [-0.4, -0.2) is 41.0 Å². The van der Waals surface area contributed by atoms with Crippen LogP contribution in [0.3, 0.4) is 0 Å². The molecular formula is C29H25FN8O. The van der Waals surface area contributed by atoms with E-state index >= 15 is 4.39 Å². The fourth-order valence-electron chi connectivity index (χ4n) is 4.52. The number of pyridine rings is 3. The van der Waals surface area contributed by atoms with Gasteiger partial charge in [0.1, 0.15) is 22.7 Å². The van der Waals surface area contributed by atoms with Crippen LogP contribution >= 0.6 is 0 Å². The van der Waals surface area contributed by atoms with Gasteiger partial charge in [0.25, 0.3) is 0 Å². The van der Waals surface area contributed by atoms with E-state index in [4.69, 9.17) is 4.98 Å². The molecule has 0 aliphatic carbocycles. The zero-order chi connectivity index (χ0) is 27.1. The molecule has 6 rings (SSSR count). The molecule has 0 radical (unpaired) electrons. The number of hydrogen-bond donors (Lipinski definition) is 3. The number of benzene rings is 1. The van der Waals surface area contributed by atoms with Crippen LogP contribution < -0.4 is 5.32 Å². The molecule has 1 aromatic carbocycles. The smallest absolute Gasteiger partial charge is 0.224 e. The number of amides is 1. The molecule has 194 valence electrons. The number of carbonyl (C=O) groups is 1. The van der Waals surface area contributed by atoms with Gasteiger partial charge in [0, 0.05) is 47.6 Å². The van der Waals surface area contributed by atoms with E-state index in [-0.39, 0.29) is 11.3 Å². The Kier molecular flexibility index (Phi) is 5.86. The SMILES string of the molecule is CC(C)(C)CC(=O)Nc1cncc(-c2cc3c(-c4nc5c(-c6ccccn6)nccc5[nH]4)n[nH]c3cc2F)c1. The second-order valence-electron chi connectivity index (χ2n) is 10.6. The molecule has 0 unspecified atom stereocenters. The first-order chi connectivity index (χ1) is 18.7. The molecular weight excluding hydrogens is 495 g/mol. The van der Waals surface area contributed by atoms with Crippen molar-refractivity contribution < 1.29 is 9.18 Å². The molecule has 0 atom stereocenters. The number of imidazole rings is 1. The van der Waals surface area contributed by atoms with Crippen LogP contribution in [0.1, 0.15) is 27.2 Å². The van der Waals surface area contributed by atoms with E-state index in [1.807, 2.05) is 45.0 Å². The largest absolute Gasteiger partial charge is 0.336 e. The Balaban J connectivity index is 1.39. The van der Waals surface area contributed by atoms with Crippen LogP contribution in [-0.2, 0) is 4.79 Å². The third-order valence-electron chi connectivity index (χ3n) is 6.21. The van der Waals surface area contributed by atoms with E-state index < -0.39 is 5.82 Å². The third-order valence-corrected chi connectivity index (χ3v) is 6.21. The summed E-state index contributed by atoms with van der Waals surface area (Å²) in [6, 6.07) is 12.3. The maximum Gasteiger partial charge on any atom is 0.224 e. The summed E-state index contributed by atoms with van der Waals surface area (Å²) in [6.07, 6.45) is 6.87. The van der Waals surface area contributed by atoms with Crippen molar-refractivity contribution in [2.75, 3.05) is 5.32 Å². The van der Waals surface area contributed by atoms with Crippen LogP contribution in [0, 0.1) is 11.2 Å². The van der Waals surface area contributed by atoms with Crippen molar-refractivity contribution in [1.29, 1.82) is 0 Å². The van der Waals surface area contributed by atoms with Crippen molar-refractivity contribution in [2.24, 2.45) is 5.41 Å². The number of aromatic amines is 2. The van der Waals surface area contributed by atoms with Gasteiger partial charge in [-0.1, -0.05) is 26.8 Å². The number of rotatable bonds is 5. The number of halogens is 1. The molecule has 1 amide bonds. The number of aromatic nitrogens is 7. The first-order valence-electron chi connectivity index (χ1n) is 12.4. The van der Waals surface area contributed by atoms with Gasteiger partial charge in [0.15, 0.2) is 5.82 Å². The quantitative estimate of drug-likeness (QED) is 0.251. The Labute approximate surface area is 223 Å². The molecule has 3 N–H and O–H groups in total.